The highest BCUT2D eigenvalue weighted by atomic mass is 16.2. The smallest absolute Gasteiger partial charge is 0.223 e. The maximum Gasteiger partial charge on any atom is 0.223 e. The van der Waals surface area contributed by atoms with E-state index in [0.29, 0.717) is 19.5 Å². The number of nitrogens with zero attached hydrogens (tertiary/aromatic N) is 1. The Balaban J connectivity index is 1.66. The number of carbonyl (C=O) groups excluding carboxylic acids is 2. The van der Waals surface area contributed by atoms with Crippen LogP contribution in [-0.2, 0) is 16.0 Å². The fourth-order valence-corrected chi connectivity index (χ4v) is 3.18. The highest BCUT2D eigenvalue weighted by molar-refractivity contribution is 5.80. The van der Waals surface area contributed by atoms with Gasteiger partial charge in [0.05, 0.1) is 0 Å². The van der Waals surface area contributed by atoms with Gasteiger partial charge in [0, 0.05) is 32.0 Å². The predicted octanol–water partition coefficient (Wildman–Crippen LogP) is 3.16. The Labute approximate surface area is 145 Å². The van der Waals surface area contributed by atoms with Crippen LogP contribution in [0.25, 0.3) is 0 Å². The van der Waals surface area contributed by atoms with Crippen LogP contribution in [0.4, 0.5) is 0 Å². The molecule has 132 valence electrons. The Kier molecular flexibility index (Phi) is 7.80. The first-order valence-corrected chi connectivity index (χ1v) is 9.30. The molecule has 0 bridgehead atoms. The number of hydrogen-bond donors (Lipinski definition) is 1. The van der Waals surface area contributed by atoms with E-state index >= 15 is 0 Å². The molecule has 1 saturated heterocycles. The summed E-state index contributed by atoms with van der Waals surface area (Å²) < 4.78 is 0. The number of benzene rings is 1. The number of aryl methyl sites for hydroxylation is 1. The molecule has 0 aromatic heterocycles. The Morgan fingerprint density at radius 1 is 1.12 bits per heavy atom. The lowest BCUT2D eigenvalue weighted by molar-refractivity contribution is -0.135. The van der Waals surface area contributed by atoms with Gasteiger partial charge in [-0.3, -0.25) is 9.59 Å². The van der Waals surface area contributed by atoms with E-state index in [0.717, 1.165) is 38.6 Å². The lowest BCUT2D eigenvalue weighted by Gasteiger charge is -2.31. The minimum absolute atomic E-state index is 0.0739. The third-order valence-corrected chi connectivity index (χ3v) is 4.77. The first kappa shape index (κ1) is 18.5. The summed E-state index contributed by atoms with van der Waals surface area (Å²) in [5, 5.41) is 3.04. The van der Waals surface area contributed by atoms with Crippen molar-refractivity contribution in [1.82, 2.24) is 10.2 Å². The van der Waals surface area contributed by atoms with Gasteiger partial charge in [0.15, 0.2) is 0 Å². The van der Waals surface area contributed by atoms with Gasteiger partial charge in [-0.05, 0) is 31.2 Å². The van der Waals surface area contributed by atoms with Gasteiger partial charge in [0.25, 0.3) is 0 Å². The van der Waals surface area contributed by atoms with Gasteiger partial charge >= 0.3 is 0 Å². The second-order valence-corrected chi connectivity index (χ2v) is 6.64. The molecule has 0 spiro atoms. The first-order valence-electron chi connectivity index (χ1n) is 9.30. The lowest BCUT2D eigenvalue weighted by Crippen LogP contribution is -2.43. The molecule has 1 heterocycles. The van der Waals surface area contributed by atoms with E-state index in [1.165, 1.54) is 12.0 Å². The molecule has 1 aliphatic heterocycles. The highest BCUT2D eigenvalue weighted by Crippen LogP contribution is 2.18. The van der Waals surface area contributed by atoms with Crippen LogP contribution in [0.15, 0.2) is 30.3 Å². The second kappa shape index (κ2) is 10.1. The molecule has 1 N–H and O–H groups in total. The number of piperidine rings is 1. The predicted molar refractivity (Wildman–Crippen MR) is 96.6 cm³/mol. The summed E-state index contributed by atoms with van der Waals surface area (Å²) >= 11 is 0. The zero-order chi connectivity index (χ0) is 17.2. The van der Waals surface area contributed by atoms with Crippen molar-refractivity contribution in [3.8, 4) is 0 Å². The summed E-state index contributed by atoms with van der Waals surface area (Å²) in [6.45, 7) is 4.36. The monoisotopic (exact) mass is 330 g/mol. The van der Waals surface area contributed by atoms with Crippen molar-refractivity contribution in [2.75, 3.05) is 19.6 Å². The average Bonchev–Trinajstić information content (AvgIpc) is 2.64. The molecular weight excluding hydrogens is 300 g/mol. The van der Waals surface area contributed by atoms with Gasteiger partial charge in [0.1, 0.15) is 0 Å². The number of rotatable bonds is 8. The SMILES string of the molecule is CCCCCNC(=O)C1CCN(C(=O)CCc2ccccc2)CC1. The van der Waals surface area contributed by atoms with E-state index in [-0.39, 0.29) is 17.7 Å². The van der Waals surface area contributed by atoms with Gasteiger partial charge in [0.2, 0.25) is 11.8 Å². The van der Waals surface area contributed by atoms with Crippen LogP contribution in [0.5, 0.6) is 0 Å². The molecule has 1 fully saturated rings. The molecular formula is C20H30N2O2. The van der Waals surface area contributed by atoms with E-state index in [4.69, 9.17) is 0 Å². The summed E-state index contributed by atoms with van der Waals surface area (Å²) in [7, 11) is 0. The van der Waals surface area contributed by atoms with E-state index in [2.05, 4.69) is 24.4 Å². The summed E-state index contributed by atoms with van der Waals surface area (Å²) in [4.78, 5) is 26.4. The Morgan fingerprint density at radius 2 is 1.83 bits per heavy atom. The van der Waals surface area contributed by atoms with Crippen molar-refractivity contribution in [1.29, 1.82) is 0 Å². The number of carbonyl (C=O) groups is 2. The van der Waals surface area contributed by atoms with Crippen LogP contribution in [0.3, 0.4) is 0 Å². The van der Waals surface area contributed by atoms with Crippen LogP contribution >= 0.6 is 0 Å². The Bertz CT molecular complexity index is 508. The molecule has 1 aromatic carbocycles. The Morgan fingerprint density at radius 3 is 2.50 bits per heavy atom. The molecule has 2 rings (SSSR count). The van der Waals surface area contributed by atoms with Crippen molar-refractivity contribution < 1.29 is 9.59 Å². The normalized spacial score (nSPS) is 15.3. The maximum atomic E-state index is 12.3. The quantitative estimate of drug-likeness (QED) is 0.744. The minimum atomic E-state index is 0.0739. The third kappa shape index (κ3) is 5.99. The number of likely N-dealkylation sites (tertiary alicyclic amines) is 1. The van der Waals surface area contributed by atoms with Crippen LogP contribution in [-0.4, -0.2) is 36.3 Å². The van der Waals surface area contributed by atoms with E-state index < -0.39 is 0 Å². The van der Waals surface area contributed by atoms with Crippen LogP contribution in [0.1, 0.15) is 51.0 Å². The number of amides is 2. The molecule has 4 heteroatoms. The topological polar surface area (TPSA) is 49.4 Å². The standard InChI is InChI=1S/C20H30N2O2/c1-2-3-7-14-21-20(24)18-12-15-22(16-13-18)19(23)11-10-17-8-5-4-6-9-17/h4-6,8-9,18H,2-3,7,10-16H2,1H3,(H,21,24). The molecule has 24 heavy (non-hydrogen) atoms. The van der Waals surface area contributed by atoms with Gasteiger partial charge in [-0.15, -0.1) is 0 Å². The molecule has 1 aliphatic rings. The second-order valence-electron chi connectivity index (χ2n) is 6.64. The zero-order valence-corrected chi connectivity index (χ0v) is 14.8. The van der Waals surface area contributed by atoms with Gasteiger partial charge < -0.3 is 10.2 Å². The number of unbranched alkanes of at least 4 members (excludes halogenated alkanes) is 2. The molecule has 0 aliphatic carbocycles. The molecule has 0 radical (unpaired) electrons. The third-order valence-electron chi connectivity index (χ3n) is 4.77. The summed E-state index contributed by atoms with van der Waals surface area (Å²) in [5.74, 6) is 0.452. The molecule has 0 saturated carbocycles. The number of nitrogens with one attached hydrogen (secondary N) is 1. The van der Waals surface area contributed by atoms with Crippen molar-refractivity contribution in [3.05, 3.63) is 35.9 Å². The van der Waals surface area contributed by atoms with E-state index in [1.54, 1.807) is 0 Å². The van der Waals surface area contributed by atoms with Crippen LogP contribution < -0.4 is 5.32 Å². The molecule has 4 nitrogen and oxygen atoms in total. The molecule has 0 atom stereocenters. The average molecular weight is 330 g/mol. The van der Waals surface area contributed by atoms with Crippen molar-refractivity contribution in [2.24, 2.45) is 5.92 Å². The summed E-state index contributed by atoms with van der Waals surface area (Å²) in [6.07, 6.45) is 6.30. The summed E-state index contributed by atoms with van der Waals surface area (Å²) in [6, 6.07) is 10.1. The lowest BCUT2D eigenvalue weighted by atomic mass is 9.95. The highest BCUT2D eigenvalue weighted by Gasteiger charge is 2.26. The van der Waals surface area contributed by atoms with Gasteiger partial charge in [-0.1, -0.05) is 50.1 Å². The van der Waals surface area contributed by atoms with E-state index in [9.17, 15) is 9.59 Å². The van der Waals surface area contributed by atoms with Gasteiger partial charge in [-0.2, -0.15) is 0 Å². The maximum absolute atomic E-state index is 12.3. The molecule has 1 aromatic rings. The first-order chi connectivity index (χ1) is 11.7. The van der Waals surface area contributed by atoms with Crippen molar-refractivity contribution in [3.63, 3.8) is 0 Å². The van der Waals surface area contributed by atoms with Crippen LogP contribution in [0, 0.1) is 5.92 Å². The minimum Gasteiger partial charge on any atom is -0.356 e. The summed E-state index contributed by atoms with van der Waals surface area (Å²) in [5.41, 5.74) is 1.20. The molecule has 2 amide bonds. The van der Waals surface area contributed by atoms with Crippen LogP contribution in [0.2, 0.25) is 0 Å². The molecule has 0 unspecified atom stereocenters. The van der Waals surface area contributed by atoms with Crippen molar-refractivity contribution >= 4 is 11.8 Å². The Hall–Kier alpha value is -1.84. The fraction of sp³-hybridized carbons (Fsp3) is 0.600. The van der Waals surface area contributed by atoms with E-state index in [1.807, 2.05) is 23.1 Å². The fourth-order valence-electron chi connectivity index (χ4n) is 3.18. The largest absolute Gasteiger partial charge is 0.356 e. The van der Waals surface area contributed by atoms with Crippen molar-refractivity contribution in [2.45, 2.75) is 51.9 Å². The zero-order valence-electron chi connectivity index (χ0n) is 14.8. The number of hydrogen-bond acceptors (Lipinski definition) is 2. The van der Waals surface area contributed by atoms with Gasteiger partial charge in [-0.25, -0.2) is 0 Å².